The molecule has 2 aromatic carbocycles. The molecule has 1 N–H and O–H groups in total. The molecule has 0 atom stereocenters. The van der Waals surface area contributed by atoms with Crippen molar-refractivity contribution in [2.24, 2.45) is 0 Å². The Hall–Kier alpha value is -2.88. The average Bonchev–Trinajstić information content (AvgIpc) is 2.92. The van der Waals surface area contributed by atoms with Gasteiger partial charge in [0.15, 0.2) is 5.76 Å². The maximum Gasteiger partial charge on any atom is 0.221 e. The SMILES string of the molecule is CC(=O)Nc1c(-c2ccccc2)noc1-c1ccccc1. The average molecular weight is 278 g/mol. The lowest BCUT2D eigenvalue weighted by atomic mass is 10.1. The monoisotopic (exact) mass is 278 g/mol. The van der Waals surface area contributed by atoms with Gasteiger partial charge in [-0.3, -0.25) is 4.79 Å². The topological polar surface area (TPSA) is 55.1 Å². The molecule has 3 aromatic rings. The highest BCUT2D eigenvalue weighted by molar-refractivity contribution is 5.98. The predicted octanol–water partition coefficient (Wildman–Crippen LogP) is 3.97. The highest BCUT2D eigenvalue weighted by Gasteiger charge is 2.19. The van der Waals surface area contributed by atoms with E-state index in [-0.39, 0.29) is 5.91 Å². The van der Waals surface area contributed by atoms with Crippen LogP contribution in [0.3, 0.4) is 0 Å². The first kappa shape index (κ1) is 13.1. The van der Waals surface area contributed by atoms with Crippen LogP contribution in [0, 0.1) is 0 Å². The number of hydrogen-bond donors (Lipinski definition) is 1. The van der Waals surface area contributed by atoms with Crippen LogP contribution >= 0.6 is 0 Å². The summed E-state index contributed by atoms with van der Waals surface area (Å²) in [5.74, 6) is 0.400. The number of nitrogens with zero attached hydrogens (tertiary/aromatic N) is 1. The number of nitrogens with one attached hydrogen (secondary N) is 1. The van der Waals surface area contributed by atoms with Crippen molar-refractivity contribution in [3.05, 3.63) is 60.7 Å². The molecule has 0 aliphatic rings. The van der Waals surface area contributed by atoms with Crippen LogP contribution in [0.15, 0.2) is 65.2 Å². The molecule has 0 spiro atoms. The number of hydrogen-bond acceptors (Lipinski definition) is 3. The van der Waals surface area contributed by atoms with Crippen LogP contribution in [0.25, 0.3) is 22.6 Å². The van der Waals surface area contributed by atoms with Gasteiger partial charge < -0.3 is 9.84 Å². The highest BCUT2D eigenvalue weighted by atomic mass is 16.5. The molecule has 0 aliphatic heterocycles. The van der Waals surface area contributed by atoms with E-state index in [4.69, 9.17) is 4.52 Å². The second-order valence-electron chi connectivity index (χ2n) is 4.65. The van der Waals surface area contributed by atoms with E-state index in [1.54, 1.807) is 0 Å². The van der Waals surface area contributed by atoms with E-state index in [0.29, 0.717) is 17.1 Å². The zero-order valence-corrected chi connectivity index (χ0v) is 11.5. The van der Waals surface area contributed by atoms with E-state index in [1.807, 2.05) is 60.7 Å². The van der Waals surface area contributed by atoms with Crippen LogP contribution in [-0.2, 0) is 4.79 Å². The van der Waals surface area contributed by atoms with E-state index in [9.17, 15) is 4.79 Å². The maximum absolute atomic E-state index is 11.5. The van der Waals surface area contributed by atoms with Gasteiger partial charge in [-0.2, -0.15) is 0 Å². The fourth-order valence-corrected chi connectivity index (χ4v) is 2.16. The zero-order chi connectivity index (χ0) is 14.7. The van der Waals surface area contributed by atoms with Crippen LogP contribution in [-0.4, -0.2) is 11.1 Å². The summed E-state index contributed by atoms with van der Waals surface area (Å²) in [5.41, 5.74) is 2.99. The van der Waals surface area contributed by atoms with Crippen molar-refractivity contribution in [3.63, 3.8) is 0 Å². The Kier molecular flexibility index (Phi) is 3.51. The van der Waals surface area contributed by atoms with Crippen LogP contribution in [0.2, 0.25) is 0 Å². The molecule has 0 fully saturated rings. The van der Waals surface area contributed by atoms with Gasteiger partial charge in [0.05, 0.1) is 0 Å². The van der Waals surface area contributed by atoms with Gasteiger partial charge in [0, 0.05) is 18.1 Å². The number of rotatable bonds is 3. The van der Waals surface area contributed by atoms with Crippen LogP contribution in [0.5, 0.6) is 0 Å². The summed E-state index contributed by atoms with van der Waals surface area (Å²) in [7, 11) is 0. The number of anilines is 1. The second-order valence-corrected chi connectivity index (χ2v) is 4.65. The van der Waals surface area contributed by atoms with Gasteiger partial charge in [-0.1, -0.05) is 65.8 Å². The van der Waals surface area contributed by atoms with Crippen LogP contribution < -0.4 is 5.32 Å². The molecule has 0 bridgehead atoms. The van der Waals surface area contributed by atoms with E-state index < -0.39 is 0 Å². The number of amides is 1. The maximum atomic E-state index is 11.5. The summed E-state index contributed by atoms with van der Waals surface area (Å²) < 4.78 is 5.47. The third-order valence-electron chi connectivity index (χ3n) is 3.08. The van der Waals surface area contributed by atoms with Crippen molar-refractivity contribution in [2.75, 3.05) is 5.32 Å². The largest absolute Gasteiger partial charge is 0.353 e. The van der Waals surface area contributed by atoms with Crippen molar-refractivity contribution < 1.29 is 9.32 Å². The zero-order valence-electron chi connectivity index (χ0n) is 11.5. The van der Waals surface area contributed by atoms with Crippen molar-refractivity contribution in [3.8, 4) is 22.6 Å². The fraction of sp³-hybridized carbons (Fsp3) is 0.0588. The first-order valence-corrected chi connectivity index (χ1v) is 6.64. The summed E-state index contributed by atoms with van der Waals surface area (Å²) >= 11 is 0. The third-order valence-corrected chi connectivity index (χ3v) is 3.08. The standard InChI is InChI=1S/C17H14N2O2/c1-12(20)18-16-15(13-8-4-2-5-9-13)19-21-17(16)14-10-6-3-7-11-14/h2-11H,1H3,(H,18,20). The van der Waals surface area contributed by atoms with Crippen molar-refractivity contribution in [1.82, 2.24) is 5.16 Å². The van der Waals surface area contributed by atoms with Gasteiger partial charge in [-0.15, -0.1) is 0 Å². The summed E-state index contributed by atoms with van der Waals surface area (Å²) in [6, 6.07) is 19.2. The Morgan fingerprint density at radius 3 is 2.10 bits per heavy atom. The number of benzene rings is 2. The smallest absolute Gasteiger partial charge is 0.221 e. The molecule has 0 aliphatic carbocycles. The summed E-state index contributed by atoms with van der Waals surface area (Å²) in [6.07, 6.45) is 0. The van der Waals surface area contributed by atoms with Gasteiger partial charge in [0.25, 0.3) is 0 Å². The van der Waals surface area contributed by atoms with Crippen molar-refractivity contribution in [1.29, 1.82) is 0 Å². The van der Waals surface area contributed by atoms with E-state index >= 15 is 0 Å². The third kappa shape index (κ3) is 2.69. The molecule has 0 radical (unpaired) electrons. The minimum atomic E-state index is -0.160. The van der Waals surface area contributed by atoms with E-state index in [2.05, 4.69) is 10.5 Å². The molecule has 4 heteroatoms. The lowest BCUT2D eigenvalue weighted by molar-refractivity contribution is -0.114. The Labute approximate surface area is 122 Å². The number of carbonyl (C=O) groups excluding carboxylic acids is 1. The minimum absolute atomic E-state index is 0.160. The molecule has 0 saturated carbocycles. The van der Waals surface area contributed by atoms with Gasteiger partial charge in [-0.05, 0) is 0 Å². The molecule has 1 heterocycles. The van der Waals surface area contributed by atoms with Crippen molar-refractivity contribution >= 4 is 11.6 Å². The molecule has 4 nitrogen and oxygen atoms in total. The minimum Gasteiger partial charge on any atom is -0.353 e. The lowest BCUT2D eigenvalue weighted by Crippen LogP contribution is -2.07. The molecule has 3 rings (SSSR count). The first-order valence-electron chi connectivity index (χ1n) is 6.64. The van der Waals surface area contributed by atoms with Crippen LogP contribution in [0.4, 0.5) is 5.69 Å². The Morgan fingerprint density at radius 2 is 1.52 bits per heavy atom. The molecular formula is C17H14N2O2. The van der Waals surface area contributed by atoms with E-state index in [0.717, 1.165) is 11.1 Å². The molecule has 1 aromatic heterocycles. The Morgan fingerprint density at radius 1 is 0.952 bits per heavy atom. The fourth-order valence-electron chi connectivity index (χ4n) is 2.16. The molecule has 21 heavy (non-hydrogen) atoms. The van der Waals surface area contributed by atoms with Gasteiger partial charge in [-0.25, -0.2) is 0 Å². The van der Waals surface area contributed by atoms with Gasteiger partial charge in [0.1, 0.15) is 11.4 Å². The van der Waals surface area contributed by atoms with Gasteiger partial charge >= 0.3 is 0 Å². The molecule has 1 amide bonds. The summed E-state index contributed by atoms with van der Waals surface area (Å²) in [6.45, 7) is 1.47. The normalized spacial score (nSPS) is 10.3. The first-order chi connectivity index (χ1) is 10.3. The Balaban J connectivity index is 2.14. The second kappa shape index (κ2) is 5.63. The molecule has 104 valence electrons. The molecular weight excluding hydrogens is 264 g/mol. The molecule has 0 unspecified atom stereocenters. The molecule has 0 saturated heterocycles. The van der Waals surface area contributed by atoms with E-state index in [1.165, 1.54) is 6.92 Å². The highest BCUT2D eigenvalue weighted by Crippen LogP contribution is 2.36. The predicted molar refractivity (Wildman–Crippen MR) is 81.7 cm³/mol. The number of carbonyl (C=O) groups is 1. The Bertz CT molecular complexity index is 692. The quantitative estimate of drug-likeness (QED) is 0.788. The summed E-state index contributed by atoms with van der Waals surface area (Å²) in [4.78, 5) is 11.5. The summed E-state index contributed by atoms with van der Waals surface area (Å²) in [5, 5.41) is 6.95. The lowest BCUT2D eigenvalue weighted by Gasteiger charge is -2.04. The van der Waals surface area contributed by atoms with Gasteiger partial charge in [0.2, 0.25) is 5.91 Å². The van der Waals surface area contributed by atoms with Crippen molar-refractivity contribution in [2.45, 2.75) is 6.92 Å². The number of aromatic nitrogens is 1. The van der Waals surface area contributed by atoms with Crippen LogP contribution in [0.1, 0.15) is 6.92 Å².